The Morgan fingerprint density at radius 1 is 1.00 bits per heavy atom. The fraction of sp³-hybridized carbons (Fsp3) is 0.222. The lowest BCUT2D eigenvalue weighted by Gasteiger charge is -2.11. The lowest BCUT2D eigenvalue weighted by atomic mass is 10.1. The first-order chi connectivity index (χ1) is 12.7. The summed E-state index contributed by atoms with van der Waals surface area (Å²) in [6.07, 6.45) is -4.58. The number of carbonyl (C=O) groups excluding carboxylic acids is 2. The standard InChI is InChI=1S/C18H16F3NO5/c1-25-14-7-6-13(9-15(14)26-2)22-16(23)10-27-17(24)11-4-3-5-12(8-11)18(19,20)21/h3-9H,10H2,1-2H3,(H,22,23). The predicted octanol–water partition coefficient (Wildman–Crippen LogP) is 3.52. The van der Waals surface area contributed by atoms with Gasteiger partial charge in [-0.25, -0.2) is 4.79 Å². The molecule has 0 aliphatic carbocycles. The van der Waals surface area contributed by atoms with E-state index in [0.29, 0.717) is 23.3 Å². The second-order valence-corrected chi connectivity index (χ2v) is 5.27. The third-order valence-electron chi connectivity index (χ3n) is 3.43. The molecule has 1 N–H and O–H groups in total. The van der Waals surface area contributed by atoms with Gasteiger partial charge in [0.25, 0.3) is 5.91 Å². The molecule has 0 saturated heterocycles. The molecule has 0 heterocycles. The topological polar surface area (TPSA) is 73.9 Å². The third-order valence-corrected chi connectivity index (χ3v) is 3.43. The largest absolute Gasteiger partial charge is 0.493 e. The van der Waals surface area contributed by atoms with Gasteiger partial charge in [0, 0.05) is 11.8 Å². The van der Waals surface area contributed by atoms with Crippen molar-refractivity contribution < 1.29 is 37.0 Å². The van der Waals surface area contributed by atoms with Crippen LogP contribution >= 0.6 is 0 Å². The van der Waals surface area contributed by atoms with Crippen molar-refractivity contribution in [1.82, 2.24) is 0 Å². The molecule has 0 aliphatic rings. The normalized spacial score (nSPS) is 10.9. The van der Waals surface area contributed by atoms with E-state index in [0.717, 1.165) is 12.1 Å². The van der Waals surface area contributed by atoms with E-state index in [1.165, 1.54) is 26.4 Å². The molecule has 9 heteroatoms. The summed E-state index contributed by atoms with van der Waals surface area (Å²) in [6.45, 7) is -0.663. The third kappa shape index (κ3) is 5.37. The van der Waals surface area contributed by atoms with Crippen molar-refractivity contribution in [3.8, 4) is 11.5 Å². The maximum Gasteiger partial charge on any atom is 0.416 e. The van der Waals surface area contributed by atoms with Gasteiger partial charge in [-0.3, -0.25) is 4.79 Å². The number of hydrogen-bond acceptors (Lipinski definition) is 5. The molecule has 2 aromatic carbocycles. The van der Waals surface area contributed by atoms with E-state index >= 15 is 0 Å². The lowest BCUT2D eigenvalue weighted by Crippen LogP contribution is -2.21. The maximum atomic E-state index is 12.7. The zero-order chi connectivity index (χ0) is 20.0. The van der Waals surface area contributed by atoms with Crippen LogP contribution in [0.2, 0.25) is 0 Å². The summed E-state index contributed by atoms with van der Waals surface area (Å²) in [4.78, 5) is 23.7. The minimum Gasteiger partial charge on any atom is -0.493 e. The van der Waals surface area contributed by atoms with Gasteiger partial charge in [0.1, 0.15) is 0 Å². The summed E-state index contributed by atoms with van der Waals surface area (Å²) >= 11 is 0. The van der Waals surface area contributed by atoms with Gasteiger partial charge in [-0.2, -0.15) is 13.2 Å². The number of benzene rings is 2. The average molecular weight is 383 g/mol. The van der Waals surface area contributed by atoms with Gasteiger partial charge in [0.2, 0.25) is 0 Å². The van der Waals surface area contributed by atoms with Gasteiger partial charge < -0.3 is 19.5 Å². The zero-order valence-electron chi connectivity index (χ0n) is 14.4. The van der Waals surface area contributed by atoms with Crippen molar-refractivity contribution in [3.05, 3.63) is 53.6 Å². The number of anilines is 1. The maximum absolute atomic E-state index is 12.7. The molecule has 0 fully saturated rings. The van der Waals surface area contributed by atoms with Crippen molar-refractivity contribution in [1.29, 1.82) is 0 Å². The highest BCUT2D eigenvalue weighted by Gasteiger charge is 2.31. The van der Waals surface area contributed by atoms with Crippen LogP contribution in [0.1, 0.15) is 15.9 Å². The van der Waals surface area contributed by atoms with E-state index in [4.69, 9.17) is 14.2 Å². The zero-order valence-corrected chi connectivity index (χ0v) is 14.4. The summed E-state index contributed by atoms with van der Waals surface area (Å²) in [5.41, 5.74) is -0.914. The highest BCUT2D eigenvalue weighted by Crippen LogP contribution is 2.30. The molecule has 0 aliphatic heterocycles. The van der Waals surface area contributed by atoms with Gasteiger partial charge in [-0.05, 0) is 30.3 Å². The average Bonchev–Trinajstić information content (AvgIpc) is 2.65. The second kappa shape index (κ2) is 8.43. The van der Waals surface area contributed by atoms with Crippen molar-refractivity contribution in [3.63, 3.8) is 0 Å². The summed E-state index contributed by atoms with van der Waals surface area (Å²) < 4.78 is 52.9. The molecule has 27 heavy (non-hydrogen) atoms. The number of hydrogen-bond donors (Lipinski definition) is 1. The molecule has 0 aromatic heterocycles. The number of amides is 1. The molecule has 2 aromatic rings. The minimum atomic E-state index is -4.58. The number of esters is 1. The highest BCUT2D eigenvalue weighted by molar-refractivity contribution is 5.95. The molecular formula is C18H16F3NO5. The molecule has 0 unspecified atom stereocenters. The number of ether oxygens (including phenoxy) is 3. The van der Waals surface area contributed by atoms with Crippen LogP contribution in [0.5, 0.6) is 11.5 Å². The van der Waals surface area contributed by atoms with Crippen LogP contribution in [0.15, 0.2) is 42.5 Å². The van der Waals surface area contributed by atoms with E-state index in [2.05, 4.69) is 5.32 Å². The van der Waals surface area contributed by atoms with Crippen LogP contribution in [0, 0.1) is 0 Å². The molecule has 0 bridgehead atoms. The van der Waals surface area contributed by atoms with Gasteiger partial charge in [-0.15, -0.1) is 0 Å². The molecule has 0 spiro atoms. The SMILES string of the molecule is COc1ccc(NC(=O)COC(=O)c2cccc(C(F)(F)F)c2)cc1OC. The summed E-state index contributed by atoms with van der Waals surface area (Å²) in [7, 11) is 2.89. The molecule has 0 atom stereocenters. The molecule has 0 radical (unpaired) electrons. The van der Waals surface area contributed by atoms with Crippen molar-refractivity contribution in [2.45, 2.75) is 6.18 Å². The van der Waals surface area contributed by atoms with E-state index in [9.17, 15) is 22.8 Å². The lowest BCUT2D eigenvalue weighted by molar-refractivity contribution is -0.137. The van der Waals surface area contributed by atoms with Crippen LogP contribution < -0.4 is 14.8 Å². The Balaban J connectivity index is 1.97. The molecule has 144 valence electrons. The Bertz CT molecular complexity index is 836. The summed E-state index contributed by atoms with van der Waals surface area (Å²) in [5.74, 6) is -0.853. The van der Waals surface area contributed by atoms with E-state index in [1.54, 1.807) is 12.1 Å². The molecule has 6 nitrogen and oxygen atoms in total. The predicted molar refractivity (Wildman–Crippen MR) is 89.9 cm³/mol. The number of rotatable bonds is 6. The van der Waals surface area contributed by atoms with E-state index in [-0.39, 0.29) is 5.56 Å². The van der Waals surface area contributed by atoms with Gasteiger partial charge in [0.15, 0.2) is 18.1 Å². The molecular weight excluding hydrogens is 367 g/mol. The Labute approximate surface area is 152 Å². The van der Waals surface area contributed by atoms with E-state index < -0.39 is 30.2 Å². The molecule has 0 saturated carbocycles. The van der Waals surface area contributed by atoms with Crippen LogP contribution in [-0.4, -0.2) is 32.7 Å². The van der Waals surface area contributed by atoms with E-state index in [1.807, 2.05) is 0 Å². The van der Waals surface area contributed by atoms with Crippen LogP contribution in [0.4, 0.5) is 18.9 Å². The van der Waals surface area contributed by atoms with Crippen LogP contribution in [0.25, 0.3) is 0 Å². The summed E-state index contributed by atoms with van der Waals surface area (Å²) in [6, 6.07) is 8.38. The van der Waals surface area contributed by atoms with Crippen molar-refractivity contribution in [2.75, 3.05) is 26.1 Å². The van der Waals surface area contributed by atoms with Crippen LogP contribution in [-0.2, 0) is 15.7 Å². The summed E-state index contributed by atoms with van der Waals surface area (Å²) in [5, 5.41) is 2.48. The van der Waals surface area contributed by atoms with Crippen molar-refractivity contribution in [2.24, 2.45) is 0 Å². The first-order valence-electron chi connectivity index (χ1n) is 7.61. The molecule has 1 amide bonds. The number of methoxy groups -OCH3 is 2. The first kappa shape index (κ1) is 20.1. The van der Waals surface area contributed by atoms with Gasteiger partial charge >= 0.3 is 12.1 Å². The Morgan fingerprint density at radius 2 is 1.70 bits per heavy atom. The number of halogens is 3. The fourth-order valence-electron chi connectivity index (χ4n) is 2.15. The Hall–Kier alpha value is -3.23. The fourth-order valence-corrected chi connectivity index (χ4v) is 2.15. The Kier molecular flexibility index (Phi) is 6.27. The highest BCUT2D eigenvalue weighted by atomic mass is 19.4. The number of carbonyl (C=O) groups is 2. The van der Waals surface area contributed by atoms with Crippen molar-refractivity contribution >= 4 is 17.6 Å². The second-order valence-electron chi connectivity index (χ2n) is 5.27. The Morgan fingerprint density at radius 3 is 2.33 bits per heavy atom. The minimum absolute atomic E-state index is 0.302. The van der Waals surface area contributed by atoms with Gasteiger partial charge in [0.05, 0.1) is 25.3 Å². The number of nitrogens with one attached hydrogen (secondary N) is 1. The van der Waals surface area contributed by atoms with Crippen LogP contribution in [0.3, 0.4) is 0 Å². The smallest absolute Gasteiger partial charge is 0.416 e. The quantitative estimate of drug-likeness (QED) is 0.773. The monoisotopic (exact) mass is 383 g/mol. The van der Waals surface area contributed by atoms with Gasteiger partial charge in [-0.1, -0.05) is 6.07 Å². The molecule has 2 rings (SSSR count). The number of alkyl halides is 3. The first-order valence-corrected chi connectivity index (χ1v) is 7.61.